The highest BCUT2D eigenvalue weighted by Gasteiger charge is 2.06. The molecule has 0 aromatic rings. The predicted molar refractivity (Wildman–Crippen MR) is 32.9 cm³/mol. The molecule has 1 radical (unpaired) electrons. The largest absolute Gasteiger partial charge is 0.391 e. The summed E-state index contributed by atoms with van der Waals surface area (Å²) in [6, 6.07) is 0. The zero-order valence-corrected chi connectivity index (χ0v) is 5.92. The van der Waals surface area contributed by atoms with Crippen LogP contribution >= 0.6 is 0 Å². The number of carbonyl (C=O) groups excluding carboxylic acids is 2. The van der Waals surface area contributed by atoms with Crippen LogP contribution in [0.5, 0.6) is 0 Å². The van der Waals surface area contributed by atoms with E-state index in [1.807, 2.05) is 0 Å². The SMILES string of the molecule is C[CH]C(=O)OC(=O)COC. The number of hydrogen-bond donors (Lipinski definition) is 0. The molecule has 0 saturated heterocycles. The molecule has 0 aliphatic rings. The number of ether oxygens (including phenoxy) is 2. The third-order valence-electron chi connectivity index (χ3n) is 0.712. The topological polar surface area (TPSA) is 52.6 Å². The smallest absolute Gasteiger partial charge is 0.339 e. The number of hydrogen-bond acceptors (Lipinski definition) is 4. The second-order valence-corrected chi connectivity index (χ2v) is 1.51. The Morgan fingerprint density at radius 1 is 1.50 bits per heavy atom. The van der Waals surface area contributed by atoms with Gasteiger partial charge in [-0.1, -0.05) is 6.92 Å². The molecule has 0 fully saturated rings. The van der Waals surface area contributed by atoms with E-state index in [-0.39, 0.29) is 6.61 Å². The second-order valence-electron chi connectivity index (χ2n) is 1.51. The van der Waals surface area contributed by atoms with Crippen molar-refractivity contribution in [3.63, 3.8) is 0 Å². The zero-order chi connectivity index (χ0) is 7.98. The molecule has 0 atom stereocenters. The number of carbonyl (C=O) groups is 2. The van der Waals surface area contributed by atoms with E-state index >= 15 is 0 Å². The van der Waals surface area contributed by atoms with E-state index in [1.54, 1.807) is 0 Å². The molecule has 0 unspecified atom stereocenters. The molecule has 10 heavy (non-hydrogen) atoms. The van der Waals surface area contributed by atoms with Crippen LogP contribution in [-0.2, 0) is 19.1 Å². The second kappa shape index (κ2) is 4.93. The van der Waals surface area contributed by atoms with E-state index < -0.39 is 11.9 Å². The van der Waals surface area contributed by atoms with Crippen LogP contribution in [0.4, 0.5) is 0 Å². The Bertz CT molecular complexity index is 130. The first-order chi connectivity index (χ1) is 4.70. The van der Waals surface area contributed by atoms with Crippen molar-refractivity contribution in [2.75, 3.05) is 13.7 Å². The fourth-order valence-electron chi connectivity index (χ4n) is 0.318. The molecular formula is C6H9O4. The maximum atomic E-state index is 10.4. The molecule has 4 heteroatoms. The lowest BCUT2D eigenvalue weighted by molar-refractivity contribution is -0.159. The molecule has 0 aliphatic carbocycles. The first-order valence-corrected chi connectivity index (χ1v) is 2.73. The van der Waals surface area contributed by atoms with Gasteiger partial charge in [-0.3, -0.25) is 4.79 Å². The lowest BCUT2D eigenvalue weighted by atomic mass is 10.5. The third-order valence-corrected chi connectivity index (χ3v) is 0.712. The summed E-state index contributed by atoms with van der Waals surface area (Å²) in [5, 5.41) is 0. The molecule has 0 saturated carbocycles. The quantitative estimate of drug-likeness (QED) is 0.412. The van der Waals surface area contributed by atoms with Gasteiger partial charge in [0.25, 0.3) is 0 Å². The molecule has 0 aromatic heterocycles. The summed E-state index contributed by atoms with van der Waals surface area (Å²) in [5.41, 5.74) is 0. The molecular weight excluding hydrogens is 136 g/mol. The van der Waals surface area contributed by atoms with E-state index in [4.69, 9.17) is 0 Å². The van der Waals surface area contributed by atoms with Crippen molar-refractivity contribution in [2.45, 2.75) is 6.92 Å². The van der Waals surface area contributed by atoms with Crippen molar-refractivity contribution in [1.29, 1.82) is 0 Å². The average molecular weight is 145 g/mol. The van der Waals surface area contributed by atoms with Crippen LogP contribution in [-0.4, -0.2) is 25.7 Å². The van der Waals surface area contributed by atoms with Gasteiger partial charge >= 0.3 is 11.9 Å². The van der Waals surface area contributed by atoms with Gasteiger partial charge in [0.2, 0.25) is 0 Å². The van der Waals surface area contributed by atoms with E-state index in [0.29, 0.717) is 0 Å². The summed E-state index contributed by atoms with van der Waals surface area (Å²) in [6.07, 6.45) is 1.16. The van der Waals surface area contributed by atoms with Crippen molar-refractivity contribution in [3.8, 4) is 0 Å². The standard InChI is InChI=1S/C6H9O4/c1-3-5(7)10-6(8)4-9-2/h3H,4H2,1-2H3. The van der Waals surface area contributed by atoms with Crippen LogP contribution in [0.2, 0.25) is 0 Å². The van der Waals surface area contributed by atoms with Gasteiger partial charge < -0.3 is 9.47 Å². The monoisotopic (exact) mass is 145 g/mol. The van der Waals surface area contributed by atoms with Crippen molar-refractivity contribution in [1.82, 2.24) is 0 Å². The van der Waals surface area contributed by atoms with Crippen LogP contribution in [0.15, 0.2) is 0 Å². The molecule has 0 aromatic carbocycles. The molecule has 0 aliphatic heterocycles. The Hall–Kier alpha value is -0.900. The molecule has 4 nitrogen and oxygen atoms in total. The Morgan fingerprint density at radius 3 is 2.50 bits per heavy atom. The van der Waals surface area contributed by atoms with Crippen LogP contribution in [0.3, 0.4) is 0 Å². The zero-order valence-electron chi connectivity index (χ0n) is 5.92. The minimum atomic E-state index is -0.675. The van der Waals surface area contributed by atoms with Gasteiger partial charge in [0, 0.05) is 7.11 Å². The van der Waals surface area contributed by atoms with Crippen LogP contribution in [0, 0.1) is 6.42 Å². The minimum absolute atomic E-state index is 0.195. The fraction of sp³-hybridized carbons (Fsp3) is 0.500. The Morgan fingerprint density at radius 2 is 2.10 bits per heavy atom. The highest BCUT2D eigenvalue weighted by Crippen LogP contribution is 1.84. The lowest BCUT2D eigenvalue weighted by Crippen LogP contribution is -2.15. The van der Waals surface area contributed by atoms with Crippen LogP contribution in [0.1, 0.15) is 6.92 Å². The highest BCUT2D eigenvalue weighted by molar-refractivity contribution is 5.90. The van der Waals surface area contributed by atoms with Gasteiger partial charge in [-0.2, -0.15) is 0 Å². The van der Waals surface area contributed by atoms with Gasteiger partial charge in [-0.05, 0) is 0 Å². The van der Waals surface area contributed by atoms with Gasteiger partial charge in [-0.25, -0.2) is 4.79 Å². The average Bonchev–Trinajstić information content (AvgIpc) is 1.88. The van der Waals surface area contributed by atoms with Crippen molar-refractivity contribution in [3.05, 3.63) is 6.42 Å². The predicted octanol–water partition coefficient (Wildman–Crippen LogP) is -0.0732. The Labute approximate surface area is 59.1 Å². The summed E-state index contributed by atoms with van der Waals surface area (Å²) >= 11 is 0. The summed E-state index contributed by atoms with van der Waals surface area (Å²) in [6.45, 7) is 1.29. The van der Waals surface area contributed by atoms with E-state index in [9.17, 15) is 9.59 Å². The van der Waals surface area contributed by atoms with E-state index in [0.717, 1.165) is 6.42 Å². The Balaban J connectivity index is 3.47. The maximum absolute atomic E-state index is 10.4. The number of esters is 2. The van der Waals surface area contributed by atoms with Gasteiger partial charge in [0.15, 0.2) is 0 Å². The van der Waals surface area contributed by atoms with Crippen molar-refractivity contribution in [2.24, 2.45) is 0 Å². The first-order valence-electron chi connectivity index (χ1n) is 2.73. The third kappa shape index (κ3) is 4.03. The van der Waals surface area contributed by atoms with Gasteiger partial charge in [-0.15, -0.1) is 0 Å². The molecule has 57 valence electrons. The number of methoxy groups -OCH3 is 1. The van der Waals surface area contributed by atoms with Crippen LogP contribution < -0.4 is 0 Å². The summed E-state index contributed by atoms with van der Waals surface area (Å²) in [4.78, 5) is 20.8. The van der Waals surface area contributed by atoms with Crippen molar-refractivity contribution >= 4 is 11.9 Å². The summed E-state index contributed by atoms with van der Waals surface area (Å²) in [7, 11) is 1.35. The first kappa shape index (κ1) is 9.10. The molecule has 0 N–H and O–H groups in total. The molecule has 0 bridgehead atoms. The molecule has 0 amide bonds. The Kier molecular flexibility index (Phi) is 4.49. The molecule has 0 spiro atoms. The van der Waals surface area contributed by atoms with E-state index in [1.165, 1.54) is 14.0 Å². The maximum Gasteiger partial charge on any atom is 0.339 e. The normalized spacial score (nSPS) is 9.00. The summed E-state index contributed by atoms with van der Waals surface area (Å²) in [5.74, 6) is -1.33. The van der Waals surface area contributed by atoms with Crippen molar-refractivity contribution < 1.29 is 19.1 Å². The van der Waals surface area contributed by atoms with Gasteiger partial charge in [0.05, 0.1) is 6.42 Å². The van der Waals surface area contributed by atoms with Crippen LogP contribution in [0.25, 0.3) is 0 Å². The van der Waals surface area contributed by atoms with Gasteiger partial charge in [0.1, 0.15) is 6.61 Å². The minimum Gasteiger partial charge on any atom is -0.391 e. The highest BCUT2D eigenvalue weighted by atomic mass is 16.6. The lowest BCUT2D eigenvalue weighted by Gasteiger charge is -1.97. The molecule has 0 rings (SSSR count). The summed E-state index contributed by atoms with van der Waals surface area (Å²) < 4.78 is 8.59. The van der Waals surface area contributed by atoms with E-state index in [2.05, 4.69) is 9.47 Å². The fourth-order valence-corrected chi connectivity index (χ4v) is 0.318. The number of rotatable bonds is 3. The molecule has 0 heterocycles.